The summed E-state index contributed by atoms with van der Waals surface area (Å²) in [7, 11) is 0. The first kappa shape index (κ1) is 8.27. The van der Waals surface area contributed by atoms with E-state index in [-0.39, 0.29) is 11.7 Å². The Morgan fingerprint density at radius 2 is 1.78 bits per heavy atom. The molecular weight excluding hydrogens is 118 g/mol. The third-order valence-corrected chi connectivity index (χ3v) is 1.14. The highest BCUT2D eigenvalue weighted by molar-refractivity contribution is 5.85. The van der Waals surface area contributed by atoms with E-state index in [2.05, 4.69) is 5.18 Å². The third kappa shape index (κ3) is 2.35. The van der Waals surface area contributed by atoms with Gasteiger partial charge >= 0.3 is 0 Å². The van der Waals surface area contributed by atoms with Crippen LogP contribution >= 0.6 is 0 Å². The van der Waals surface area contributed by atoms with Crippen LogP contribution in [0.3, 0.4) is 0 Å². The van der Waals surface area contributed by atoms with Crippen LogP contribution in [0.5, 0.6) is 0 Å². The van der Waals surface area contributed by atoms with Gasteiger partial charge in [-0.3, -0.25) is 4.79 Å². The van der Waals surface area contributed by atoms with Crippen LogP contribution in [0.2, 0.25) is 0 Å². The minimum absolute atomic E-state index is 0.0855. The molecule has 3 nitrogen and oxygen atoms in total. The molecule has 0 fully saturated rings. The second kappa shape index (κ2) is 3.33. The van der Waals surface area contributed by atoms with E-state index in [4.69, 9.17) is 0 Å². The number of nitrogens with zero attached hydrogens (tertiary/aromatic N) is 1. The van der Waals surface area contributed by atoms with E-state index in [1.807, 2.05) is 0 Å². The van der Waals surface area contributed by atoms with E-state index in [1.165, 1.54) is 6.92 Å². The molecule has 0 aliphatic heterocycles. The SMILES string of the molecule is CC(C)C(=O)C(C)N=O. The van der Waals surface area contributed by atoms with Gasteiger partial charge in [0.1, 0.15) is 6.04 Å². The van der Waals surface area contributed by atoms with Gasteiger partial charge in [-0.1, -0.05) is 19.0 Å². The Kier molecular flexibility index (Phi) is 3.06. The van der Waals surface area contributed by atoms with E-state index < -0.39 is 6.04 Å². The van der Waals surface area contributed by atoms with Gasteiger partial charge in [0.05, 0.1) is 0 Å². The monoisotopic (exact) mass is 129 g/mol. The van der Waals surface area contributed by atoms with Crippen LogP contribution in [-0.4, -0.2) is 11.8 Å². The fraction of sp³-hybridized carbons (Fsp3) is 0.833. The van der Waals surface area contributed by atoms with Crippen LogP contribution in [0.4, 0.5) is 0 Å². The molecule has 0 rings (SSSR count). The fourth-order valence-corrected chi connectivity index (χ4v) is 0.534. The Morgan fingerprint density at radius 1 is 1.33 bits per heavy atom. The standard InChI is InChI=1S/C6H11NO2/c1-4(2)6(8)5(3)7-9/h4-5H,1-3H3. The van der Waals surface area contributed by atoms with Crippen LogP contribution in [0.1, 0.15) is 20.8 Å². The highest BCUT2D eigenvalue weighted by atomic mass is 16.3. The number of hydrogen-bond donors (Lipinski definition) is 0. The van der Waals surface area contributed by atoms with Crippen molar-refractivity contribution in [3.63, 3.8) is 0 Å². The van der Waals surface area contributed by atoms with Crippen molar-refractivity contribution in [3.8, 4) is 0 Å². The van der Waals surface area contributed by atoms with Crippen molar-refractivity contribution in [1.29, 1.82) is 0 Å². The average Bonchev–Trinajstić information content (AvgIpc) is 1.84. The summed E-state index contributed by atoms with van der Waals surface area (Å²) < 4.78 is 0. The lowest BCUT2D eigenvalue weighted by Crippen LogP contribution is -2.19. The molecule has 0 N–H and O–H groups in total. The molecule has 52 valence electrons. The third-order valence-electron chi connectivity index (χ3n) is 1.14. The summed E-state index contributed by atoms with van der Waals surface area (Å²) in [6.07, 6.45) is 0. The molecule has 3 heteroatoms. The zero-order chi connectivity index (χ0) is 7.44. The van der Waals surface area contributed by atoms with Crippen molar-refractivity contribution < 1.29 is 4.79 Å². The van der Waals surface area contributed by atoms with E-state index >= 15 is 0 Å². The lowest BCUT2D eigenvalue weighted by Gasteiger charge is -2.02. The molecule has 0 aliphatic carbocycles. The van der Waals surface area contributed by atoms with Crippen LogP contribution in [0.15, 0.2) is 5.18 Å². The van der Waals surface area contributed by atoms with Crippen molar-refractivity contribution in [2.75, 3.05) is 0 Å². The van der Waals surface area contributed by atoms with Gasteiger partial charge in [-0.15, -0.1) is 0 Å². The molecule has 0 heterocycles. The smallest absolute Gasteiger partial charge is 0.163 e. The second-order valence-corrected chi connectivity index (χ2v) is 2.34. The van der Waals surface area contributed by atoms with Crippen molar-refractivity contribution in [2.24, 2.45) is 11.1 Å². The van der Waals surface area contributed by atoms with Crippen molar-refractivity contribution in [1.82, 2.24) is 0 Å². The van der Waals surface area contributed by atoms with Crippen molar-refractivity contribution >= 4 is 5.78 Å². The van der Waals surface area contributed by atoms with Gasteiger partial charge in [-0.05, 0) is 6.92 Å². The fourth-order valence-electron chi connectivity index (χ4n) is 0.534. The van der Waals surface area contributed by atoms with Crippen LogP contribution in [-0.2, 0) is 4.79 Å². The van der Waals surface area contributed by atoms with Crippen molar-refractivity contribution in [3.05, 3.63) is 4.91 Å². The highest BCUT2D eigenvalue weighted by Crippen LogP contribution is 2.01. The summed E-state index contributed by atoms with van der Waals surface area (Å²) in [6.45, 7) is 5.02. The number of carbonyl (C=O) groups is 1. The van der Waals surface area contributed by atoms with E-state index in [1.54, 1.807) is 13.8 Å². The van der Waals surface area contributed by atoms with Crippen LogP contribution in [0.25, 0.3) is 0 Å². The molecule has 0 bridgehead atoms. The maximum atomic E-state index is 10.8. The average molecular weight is 129 g/mol. The zero-order valence-electron chi connectivity index (χ0n) is 5.92. The number of carbonyl (C=O) groups excluding carboxylic acids is 1. The largest absolute Gasteiger partial charge is 0.297 e. The first-order valence-electron chi connectivity index (χ1n) is 2.95. The lowest BCUT2D eigenvalue weighted by molar-refractivity contribution is -0.122. The van der Waals surface area contributed by atoms with Crippen LogP contribution in [0, 0.1) is 10.8 Å². The topological polar surface area (TPSA) is 46.5 Å². The van der Waals surface area contributed by atoms with Gasteiger partial charge in [0.2, 0.25) is 0 Å². The Balaban J connectivity index is 3.87. The minimum atomic E-state index is -0.676. The van der Waals surface area contributed by atoms with Crippen LogP contribution < -0.4 is 0 Å². The number of rotatable bonds is 3. The maximum Gasteiger partial charge on any atom is 0.163 e. The molecule has 1 unspecified atom stereocenters. The van der Waals surface area contributed by atoms with Gasteiger partial charge in [-0.25, -0.2) is 0 Å². The molecule has 0 radical (unpaired) electrons. The quantitative estimate of drug-likeness (QED) is 0.540. The molecule has 0 saturated carbocycles. The Bertz CT molecular complexity index is 120. The minimum Gasteiger partial charge on any atom is -0.297 e. The summed E-state index contributed by atoms with van der Waals surface area (Å²) in [6, 6.07) is -0.676. The predicted molar refractivity (Wildman–Crippen MR) is 35.1 cm³/mol. The molecule has 0 spiro atoms. The first-order chi connectivity index (χ1) is 4.09. The highest BCUT2D eigenvalue weighted by Gasteiger charge is 2.15. The molecule has 1 atom stereocenters. The van der Waals surface area contributed by atoms with Gasteiger partial charge in [0.15, 0.2) is 5.78 Å². The van der Waals surface area contributed by atoms with E-state index in [0.29, 0.717) is 0 Å². The van der Waals surface area contributed by atoms with E-state index in [0.717, 1.165) is 0 Å². The molecular formula is C6H11NO2. The summed E-state index contributed by atoms with van der Waals surface area (Å²) >= 11 is 0. The van der Waals surface area contributed by atoms with Gasteiger partial charge in [-0.2, -0.15) is 4.91 Å². The zero-order valence-corrected chi connectivity index (χ0v) is 5.92. The molecule has 9 heavy (non-hydrogen) atoms. The summed E-state index contributed by atoms with van der Waals surface area (Å²) in [4.78, 5) is 20.6. The van der Waals surface area contributed by atoms with E-state index in [9.17, 15) is 9.70 Å². The Morgan fingerprint density at radius 3 is 1.89 bits per heavy atom. The number of nitroso groups, excluding NO2 is 1. The molecule has 0 aromatic heterocycles. The van der Waals surface area contributed by atoms with Gasteiger partial charge in [0, 0.05) is 5.92 Å². The van der Waals surface area contributed by atoms with Gasteiger partial charge < -0.3 is 0 Å². The maximum absolute atomic E-state index is 10.8. The molecule has 0 aromatic carbocycles. The Hall–Kier alpha value is -0.730. The summed E-state index contributed by atoms with van der Waals surface area (Å²) in [5.74, 6) is -0.178. The molecule has 0 saturated heterocycles. The number of hydrogen-bond acceptors (Lipinski definition) is 3. The Labute approximate surface area is 54.4 Å². The molecule has 0 amide bonds. The summed E-state index contributed by atoms with van der Waals surface area (Å²) in [5, 5.41) is 2.61. The summed E-state index contributed by atoms with van der Waals surface area (Å²) in [5.41, 5.74) is 0. The first-order valence-corrected chi connectivity index (χ1v) is 2.95. The number of ketones is 1. The molecule has 0 aromatic rings. The predicted octanol–water partition coefficient (Wildman–Crippen LogP) is 1.37. The second-order valence-electron chi connectivity index (χ2n) is 2.34. The van der Waals surface area contributed by atoms with Gasteiger partial charge in [0.25, 0.3) is 0 Å². The van der Waals surface area contributed by atoms with Crippen molar-refractivity contribution in [2.45, 2.75) is 26.8 Å². The lowest BCUT2D eigenvalue weighted by atomic mass is 10.0. The number of Topliss-reactive ketones (excluding diaryl/α,β-unsaturated/α-hetero) is 1. The molecule has 0 aliphatic rings. The normalized spacial score (nSPS) is 13.3.